The fraction of sp³-hybridized carbons (Fsp3) is 0. The van der Waals surface area contributed by atoms with E-state index >= 15 is 0 Å². The Hall–Kier alpha value is -2.04. The highest BCUT2D eigenvalue weighted by molar-refractivity contribution is 5.32. The third kappa shape index (κ3) is 3.76. The van der Waals surface area contributed by atoms with E-state index in [0.29, 0.717) is 11.5 Å². The molecule has 2 aromatic rings. The molecule has 0 saturated heterocycles. The summed E-state index contributed by atoms with van der Waals surface area (Å²) in [6.45, 7) is 0. The number of nitrogens with two attached hydrogens (primary N) is 2. The molecule has 0 aliphatic rings. The molecule has 2 aromatic heterocycles. The first kappa shape index (κ1) is 9.05. The van der Waals surface area contributed by atoms with Gasteiger partial charge in [0.15, 0.2) is 0 Å². The number of hydrogen-bond acceptors (Lipinski definition) is 4. The summed E-state index contributed by atoms with van der Waals surface area (Å²) in [5.74, 6) is 0.606. The molecule has 5 nitrogen and oxygen atoms in total. The van der Waals surface area contributed by atoms with Crippen LogP contribution in [-0.4, -0.2) is 15.2 Å². The van der Waals surface area contributed by atoms with Gasteiger partial charge in [-0.2, -0.15) is 5.10 Å². The summed E-state index contributed by atoms with van der Waals surface area (Å²) in [4.78, 5) is 3.76. The van der Waals surface area contributed by atoms with Gasteiger partial charge in [0, 0.05) is 12.4 Å². The summed E-state index contributed by atoms with van der Waals surface area (Å²) in [6.07, 6.45) is 4.91. The zero-order valence-corrected chi connectivity index (χ0v) is 7.01. The van der Waals surface area contributed by atoms with E-state index in [2.05, 4.69) is 15.2 Å². The van der Waals surface area contributed by atoms with Crippen molar-refractivity contribution >= 4 is 11.5 Å². The Morgan fingerprint density at radius 1 is 1.15 bits per heavy atom. The van der Waals surface area contributed by atoms with E-state index < -0.39 is 0 Å². The van der Waals surface area contributed by atoms with Gasteiger partial charge in [-0.1, -0.05) is 0 Å². The van der Waals surface area contributed by atoms with E-state index in [1.807, 2.05) is 0 Å². The van der Waals surface area contributed by atoms with Gasteiger partial charge in [-0.3, -0.25) is 10.1 Å². The van der Waals surface area contributed by atoms with E-state index in [-0.39, 0.29) is 0 Å². The maximum Gasteiger partial charge on any atom is 0.118 e. The van der Waals surface area contributed by atoms with Crippen molar-refractivity contribution in [3.63, 3.8) is 0 Å². The van der Waals surface area contributed by atoms with Crippen LogP contribution in [0.3, 0.4) is 0 Å². The minimum absolute atomic E-state index is 0.606. The second-order valence-electron chi connectivity index (χ2n) is 2.30. The van der Waals surface area contributed by atoms with Crippen molar-refractivity contribution in [2.75, 3.05) is 11.5 Å². The predicted octanol–water partition coefficient (Wildman–Crippen LogP) is 0.656. The van der Waals surface area contributed by atoms with Gasteiger partial charge in [-0.05, 0) is 18.2 Å². The molecule has 5 N–H and O–H groups in total. The first-order valence-electron chi connectivity index (χ1n) is 3.69. The average Bonchev–Trinajstić information content (AvgIpc) is 2.58. The van der Waals surface area contributed by atoms with Crippen molar-refractivity contribution < 1.29 is 0 Å². The average molecular weight is 177 g/mol. The number of anilines is 2. The number of aromatic nitrogens is 3. The molecule has 68 valence electrons. The van der Waals surface area contributed by atoms with E-state index in [9.17, 15) is 0 Å². The maximum atomic E-state index is 5.30. The lowest BCUT2D eigenvalue weighted by Gasteiger charge is -1.83. The highest BCUT2D eigenvalue weighted by atomic mass is 15.1. The SMILES string of the molecule is Nc1cccnc1.Nc1ccn[nH]1. The van der Waals surface area contributed by atoms with Gasteiger partial charge in [0.1, 0.15) is 5.82 Å². The largest absolute Gasteiger partial charge is 0.397 e. The Labute approximate surface area is 75.8 Å². The van der Waals surface area contributed by atoms with Gasteiger partial charge in [-0.15, -0.1) is 0 Å². The number of nitrogens with zero attached hydrogens (tertiary/aromatic N) is 2. The van der Waals surface area contributed by atoms with Crippen molar-refractivity contribution in [3.05, 3.63) is 36.8 Å². The van der Waals surface area contributed by atoms with Crippen LogP contribution in [0.5, 0.6) is 0 Å². The highest BCUT2D eigenvalue weighted by Crippen LogP contribution is 1.92. The molecule has 2 rings (SSSR count). The van der Waals surface area contributed by atoms with Crippen LogP contribution < -0.4 is 11.5 Å². The van der Waals surface area contributed by atoms with Crippen LogP contribution in [0.1, 0.15) is 0 Å². The Bertz CT molecular complexity index is 316. The van der Waals surface area contributed by atoms with Crippen LogP contribution in [0.2, 0.25) is 0 Å². The minimum Gasteiger partial charge on any atom is -0.397 e. The van der Waals surface area contributed by atoms with E-state index in [1.54, 1.807) is 36.8 Å². The molecular formula is C8H11N5. The number of pyridine rings is 1. The molecule has 0 radical (unpaired) electrons. The summed E-state index contributed by atoms with van der Waals surface area (Å²) in [5, 5.41) is 6.10. The summed E-state index contributed by atoms with van der Waals surface area (Å²) < 4.78 is 0. The van der Waals surface area contributed by atoms with Crippen LogP contribution in [-0.2, 0) is 0 Å². The van der Waals surface area contributed by atoms with Gasteiger partial charge >= 0.3 is 0 Å². The van der Waals surface area contributed by atoms with Crippen LogP contribution in [0.4, 0.5) is 11.5 Å². The maximum absolute atomic E-state index is 5.30. The van der Waals surface area contributed by atoms with Crippen LogP contribution in [0.15, 0.2) is 36.8 Å². The standard InChI is InChI=1S/C5H6N2.C3H5N3/c6-5-2-1-3-7-4-5;4-3-1-2-5-6-3/h1-4H,6H2;1-2H,(H3,4,5,6). The Balaban J connectivity index is 0.000000132. The molecule has 0 aliphatic carbocycles. The van der Waals surface area contributed by atoms with Gasteiger partial charge < -0.3 is 11.5 Å². The first-order valence-corrected chi connectivity index (χ1v) is 3.69. The molecule has 0 atom stereocenters. The lowest BCUT2D eigenvalue weighted by molar-refractivity contribution is 1.10. The molecule has 0 aromatic carbocycles. The lowest BCUT2D eigenvalue weighted by Crippen LogP contribution is -1.82. The van der Waals surface area contributed by atoms with Gasteiger partial charge in [0.2, 0.25) is 0 Å². The van der Waals surface area contributed by atoms with Crippen molar-refractivity contribution in [1.29, 1.82) is 0 Å². The molecule has 5 heteroatoms. The number of rotatable bonds is 0. The van der Waals surface area contributed by atoms with Crippen molar-refractivity contribution in [3.8, 4) is 0 Å². The summed E-state index contributed by atoms with van der Waals surface area (Å²) in [6, 6.07) is 5.29. The van der Waals surface area contributed by atoms with Gasteiger partial charge in [0.25, 0.3) is 0 Å². The molecule has 13 heavy (non-hydrogen) atoms. The molecule has 0 aliphatic heterocycles. The number of nitrogens with one attached hydrogen (secondary N) is 1. The number of nitrogen functional groups attached to an aromatic ring is 2. The number of aromatic amines is 1. The highest BCUT2D eigenvalue weighted by Gasteiger charge is 1.74. The zero-order valence-electron chi connectivity index (χ0n) is 7.01. The molecule has 2 heterocycles. The molecule has 0 amide bonds. The van der Waals surface area contributed by atoms with Crippen molar-refractivity contribution in [2.24, 2.45) is 0 Å². The number of H-pyrrole nitrogens is 1. The fourth-order valence-corrected chi connectivity index (χ4v) is 0.643. The van der Waals surface area contributed by atoms with Crippen LogP contribution in [0.25, 0.3) is 0 Å². The fourth-order valence-electron chi connectivity index (χ4n) is 0.643. The second kappa shape index (κ2) is 4.76. The van der Waals surface area contributed by atoms with Crippen molar-refractivity contribution in [2.45, 2.75) is 0 Å². The monoisotopic (exact) mass is 177 g/mol. The van der Waals surface area contributed by atoms with E-state index in [0.717, 1.165) is 0 Å². The summed E-state index contributed by atoms with van der Waals surface area (Å²) in [5.41, 5.74) is 11.2. The van der Waals surface area contributed by atoms with Gasteiger partial charge in [0.05, 0.1) is 11.9 Å². The topological polar surface area (TPSA) is 93.6 Å². The third-order valence-electron chi connectivity index (χ3n) is 1.21. The van der Waals surface area contributed by atoms with Crippen LogP contribution in [0, 0.1) is 0 Å². The smallest absolute Gasteiger partial charge is 0.118 e. The van der Waals surface area contributed by atoms with Crippen molar-refractivity contribution in [1.82, 2.24) is 15.2 Å². The summed E-state index contributed by atoms with van der Waals surface area (Å²) >= 11 is 0. The normalized spacial score (nSPS) is 8.62. The Kier molecular flexibility index (Phi) is 3.31. The lowest BCUT2D eigenvalue weighted by atomic mass is 10.4. The minimum atomic E-state index is 0.606. The quantitative estimate of drug-likeness (QED) is 0.551. The predicted molar refractivity (Wildman–Crippen MR) is 51.6 cm³/mol. The third-order valence-corrected chi connectivity index (χ3v) is 1.21. The first-order chi connectivity index (χ1) is 6.29. The molecule has 0 bridgehead atoms. The van der Waals surface area contributed by atoms with Crippen LogP contribution >= 0.6 is 0 Å². The van der Waals surface area contributed by atoms with Gasteiger partial charge in [-0.25, -0.2) is 0 Å². The molecule has 0 spiro atoms. The molecule has 0 saturated carbocycles. The van der Waals surface area contributed by atoms with E-state index in [1.165, 1.54) is 0 Å². The zero-order chi connectivity index (χ0) is 9.52. The summed E-state index contributed by atoms with van der Waals surface area (Å²) in [7, 11) is 0. The Morgan fingerprint density at radius 2 is 2.00 bits per heavy atom. The molecule has 0 fully saturated rings. The molecule has 0 unspecified atom stereocenters. The van der Waals surface area contributed by atoms with E-state index in [4.69, 9.17) is 11.5 Å². The second-order valence-corrected chi connectivity index (χ2v) is 2.30. The Morgan fingerprint density at radius 3 is 2.23 bits per heavy atom. The number of hydrogen-bond donors (Lipinski definition) is 3. The molecular weight excluding hydrogens is 166 g/mol.